The summed E-state index contributed by atoms with van der Waals surface area (Å²) in [7, 11) is 3.63. The highest BCUT2D eigenvalue weighted by atomic mass is 16.6. The summed E-state index contributed by atoms with van der Waals surface area (Å²) in [6.45, 7) is 0.659. The van der Waals surface area contributed by atoms with E-state index in [4.69, 9.17) is 0 Å². The van der Waals surface area contributed by atoms with Gasteiger partial charge in [0.25, 0.3) is 11.1 Å². The highest BCUT2D eigenvalue weighted by molar-refractivity contribution is 5.14. The molecule has 0 spiro atoms. The lowest BCUT2D eigenvalue weighted by molar-refractivity contribution is -0.933. The van der Waals surface area contributed by atoms with Gasteiger partial charge >= 0.3 is 0 Å². The van der Waals surface area contributed by atoms with Crippen molar-refractivity contribution in [2.24, 2.45) is 0 Å². The second-order valence-electron chi connectivity index (χ2n) is 5.88. The third-order valence-corrected chi connectivity index (χ3v) is 3.74. The summed E-state index contributed by atoms with van der Waals surface area (Å²) in [6.07, 6.45) is 3.46. The van der Waals surface area contributed by atoms with Gasteiger partial charge in [-0.1, -0.05) is 6.08 Å². The van der Waals surface area contributed by atoms with Crippen LogP contribution in [0.4, 0.5) is 0 Å². The quantitative estimate of drug-likeness (QED) is 0.304. The number of hydrogen-bond acceptors (Lipinski definition) is 4. The molecule has 2 unspecified atom stereocenters. The number of likely N-dealkylation sites (tertiary alicyclic amines) is 1. The Bertz CT molecular complexity index is 420. The lowest BCUT2D eigenvalue weighted by Crippen LogP contribution is -2.70. The molecular formula is C10H16N3O4+. The van der Waals surface area contributed by atoms with Crippen LogP contribution in [0, 0.1) is 20.2 Å². The van der Waals surface area contributed by atoms with E-state index in [1.165, 1.54) is 0 Å². The highest BCUT2D eigenvalue weighted by Crippen LogP contribution is 2.41. The van der Waals surface area contributed by atoms with E-state index in [0.29, 0.717) is 17.6 Å². The standard InChI is InChI=1S/C10H16N3O4/c1-13(2)7-9(11(14)15)4-3-5-10(6-9,8-13)12(16)17/h3-4H,5-8H2,1-2H3/q+1. The largest absolute Gasteiger partial charge is 0.316 e. The first kappa shape index (κ1) is 12.0. The average Bonchev–Trinajstić information content (AvgIpc) is 2.14. The Morgan fingerprint density at radius 3 is 2.35 bits per heavy atom. The molecule has 0 saturated carbocycles. The molecule has 2 rings (SSSR count). The van der Waals surface area contributed by atoms with Crippen molar-refractivity contribution in [1.82, 2.24) is 0 Å². The normalized spacial score (nSPS) is 38.7. The molecule has 2 bridgehead atoms. The Morgan fingerprint density at radius 1 is 1.18 bits per heavy atom. The molecule has 1 saturated heterocycles. The summed E-state index contributed by atoms with van der Waals surface area (Å²) in [4.78, 5) is 21.9. The van der Waals surface area contributed by atoms with Crippen LogP contribution >= 0.6 is 0 Å². The number of piperidine rings is 1. The lowest BCUT2D eigenvalue weighted by Gasteiger charge is -2.46. The van der Waals surface area contributed by atoms with Crippen LogP contribution in [0.5, 0.6) is 0 Å². The molecule has 0 aromatic rings. The molecule has 2 atom stereocenters. The summed E-state index contributed by atoms with van der Waals surface area (Å²) >= 11 is 0. The van der Waals surface area contributed by atoms with Gasteiger partial charge in [-0.3, -0.25) is 20.2 Å². The van der Waals surface area contributed by atoms with Gasteiger partial charge in [0.05, 0.1) is 14.1 Å². The minimum absolute atomic E-state index is 0.0121. The van der Waals surface area contributed by atoms with E-state index in [1.807, 2.05) is 14.1 Å². The second kappa shape index (κ2) is 3.25. The van der Waals surface area contributed by atoms with Crippen molar-refractivity contribution in [3.63, 3.8) is 0 Å². The number of nitrogens with zero attached hydrogens (tertiary/aromatic N) is 3. The topological polar surface area (TPSA) is 86.3 Å². The van der Waals surface area contributed by atoms with Crippen LogP contribution in [0.3, 0.4) is 0 Å². The molecule has 0 N–H and O–H groups in total. The van der Waals surface area contributed by atoms with E-state index < -0.39 is 11.1 Å². The minimum Gasteiger partial charge on any atom is -0.316 e. The average molecular weight is 242 g/mol. The molecule has 0 radical (unpaired) electrons. The van der Waals surface area contributed by atoms with Gasteiger partial charge in [0, 0.05) is 16.3 Å². The molecule has 7 heteroatoms. The molecule has 1 aliphatic carbocycles. The van der Waals surface area contributed by atoms with Crippen LogP contribution < -0.4 is 0 Å². The van der Waals surface area contributed by atoms with Crippen molar-refractivity contribution < 1.29 is 14.3 Å². The fraction of sp³-hybridized carbons (Fsp3) is 0.800. The third-order valence-electron chi connectivity index (χ3n) is 3.74. The predicted octanol–water partition coefficient (Wildman–Crippen LogP) is 0.457. The van der Waals surface area contributed by atoms with Gasteiger partial charge in [0.15, 0.2) is 13.1 Å². The maximum atomic E-state index is 11.3. The first-order valence-electron chi connectivity index (χ1n) is 5.50. The summed E-state index contributed by atoms with van der Waals surface area (Å²) in [5.41, 5.74) is -2.45. The van der Waals surface area contributed by atoms with Gasteiger partial charge in [-0.2, -0.15) is 0 Å². The SMILES string of the molecule is C[N+]1(C)CC2([N+](=O)[O-])C=CCC([N+](=O)[O-])(C2)C1. The summed E-state index contributed by atoms with van der Waals surface area (Å²) < 4.78 is 0.312. The Morgan fingerprint density at radius 2 is 1.82 bits per heavy atom. The number of fused-ring (bicyclic) bond motifs is 2. The maximum absolute atomic E-state index is 11.3. The summed E-state index contributed by atoms with van der Waals surface area (Å²) in [5, 5.41) is 22.5. The minimum atomic E-state index is -1.27. The van der Waals surface area contributed by atoms with Crippen LogP contribution in [0.2, 0.25) is 0 Å². The van der Waals surface area contributed by atoms with Gasteiger partial charge < -0.3 is 4.48 Å². The van der Waals surface area contributed by atoms with E-state index >= 15 is 0 Å². The van der Waals surface area contributed by atoms with Gasteiger partial charge in [0.2, 0.25) is 0 Å². The fourth-order valence-electron chi connectivity index (χ4n) is 3.40. The van der Waals surface area contributed by atoms with E-state index in [2.05, 4.69) is 0 Å². The maximum Gasteiger partial charge on any atom is 0.294 e. The van der Waals surface area contributed by atoms with E-state index in [1.54, 1.807) is 12.2 Å². The Kier molecular flexibility index (Phi) is 2.29. The van der Waals surface area contributed by atoms with Gasteiger partial charge in [0.1, 0.15) is 6.42 Å². The number of likely N-dealkylation sites (N-methyl/N-ethyl adjacent to an activating group) is 1. The molecule has 7 nitrogen and oxygen atoms in total. The van der Waals surface area contributed by atoms with Gasteiger partial charge in [-0.25, -0.2) is 0 Å². The summed E-state index contributed by atoms with van der Waals surface area (Å²) in [6, 6.07) is 0. The molecule has 1 heterocycles. The molecular weight excluding hydrogens is 226 g/mol. The van der Waals surface area contributed by atoms with Crippen molar-refractivity contribution >= 4 is 0 Å². The zero-order valence-electron chi connectivity index (χ0n) is 9.96. The molecule has 94 valence electrons. The first-order valence-corrected chi connectivity index (χ1v) is 5.50. The molecule has 1 aliphatic heterocycles. The van der Waals surface area contributed by atoms with Crippen molar-refractivity contribution in [2.75, 3.05) is 27.2 Å². The molecule has 17 heavy (non-hydrogen) atoms. The molecule has 1 fully saturated rings. The third kappa shape index (κ3) is 1.70. The summed E-state index contributed by atoms with van der Waals surface area (Å²) in [5.74, 6) is 0. The molecule has 0 amide bonds. The van der Waals surface area contributed by atoms with Crippen LogP contribution in [0.1, 0.15) is 12.8 Å². The van der Waals surface area contributed by atoms with Gasteiger partial charge in [-0.15, -0.1) is 0 Å². The lowest BCUT2D eigenvalue weighted by atomic mass is 9.71. The van der Waals surface area contributed by atoms with Crippen molar-refractivity contribution in [2.45, 2.75) is 23.9 Å². The Hall–Kier alpha value is -1.50. The zero-order valence-corrected chi connectivity index (χ0v) is 9.96. The second-order valence-corrected chi connectivity index (χ2v) is 5.88. The Labute approximate surface area is 98.6 Å². The first-order chi connectivity index (χ1) is 7.72. The number of nitro groups is 2. The van der Waals surface area contributed by atoms with Crippen molar-refractivity contribution in [3.8, 4) is 0 Å². The Balaban J connectivity index is 2.51. The number of hydrogen-bond donors (Lipinski definition) is 0. The van der Waals surface area contributed by atoms with E-state index in [0.717, 1.165) is 0 Å². The van der Waals surface area contributed by atoms with Crippen LogP contribution in [-0.4, -0.2) is 52.6 Å². The predicted molar refractivity (Wildman–Crippen MR) is 59.7 cm³/mol. The number of quaternary nitrogens is 1. The number of rotatable bonds is 2. The molecule has 2 aliphatic rings. The van der Waals surface area contributed by atoms with E-state index in [9.17, 15) is 20.2 Å². The fourth-order valence-corrected chi connectivity index (χ4v) is 3.40. The zero-order chi connectivity index (χ0) is 12.9. The smallest absolute Gasteiger partial charge is 0.294 e. The highest BCUT2D eigenvalue weighted by Gasteiger charge is 2.66. The molecule has 0 aromatic carbocycles. The van der Waals surface area contributed by atoms with Crippen LogP contribution in [-0.2, 0) is 0 Å². The van der Waals surface area contributed by atoms with Crippen molar-refractivity contribution in [1.29, 1.82) is 0 Å². The van der Waals surface area contributed by atoms with Crippen molar-refractivity contribution in [3.05, 3.63) is 32.4 Å². The van der Waals surface area contributed by atoms with Crippen LogP contribution in [0.25, 0.3) is 0 Å². The van der Waals surface area contributed by atoms with E-state index in [-0.39, 0.29) is 22.7 Å². The monoisotopic (exact) mass is 242 g/mol. The van der Waals surface area contributed by atoms with Crippen LogP contribution in [0.15, 0.2) is 12.2 Å². The molecule has 0 aromatic heterocycles. The van der Waals surface area contributed by atoms with Gasteiger partial charge in [-0.05, 0) is 6.08 Å².